The molecule has 0 radical (unpaired) electrons. The first-order valence-corrected chi connectivity index (χ1v) is 7.37. The molecule has 0 aliphatic heterocycles. The van der Waals surface area contributed by atoms with Crippen LogP contribution in [-0.2, 0) is 0 Å². The van der Waals surface area contributed by atoms with E-state index in [0.717, 1.165) is 32.9 Å². The molecule has 1 aromatic heterocycles. The summed E-state index contributed by atoms with van der Waals surface area (Å²) in [5.74, 6) is 2.55. The number of benzene rings is 1. The molecule has 3 rings (SSSR count). The van der Waals surface area contributed by atoms with Crippen LogP contribution in [0.4, 0.5) is 5.69 Å². The number of hydrogen-bond donors (Lipinski definition) is 2. The molecule has 0 amide bonds. The van der Waals surface area contributed by atoms with Crippen LogP contribution in [0.25, 0.3) is 11.0 Å². The summed E-state index contributed by atoms with van der Waals surface area (Å²) >= 11 is 3.47. The molecule has 0 spiro atoms. The topological polar surface area (TPSA) is 54.7 Å². The first-order chi connectivity index (χ1) is 8.63. The third-order valence-electron chi connectivity index (χ3n) is 4.00. The zero-order chi connectivity index (χ0) is 12.7. The van der Waals surface area contributed by atoms with Crippen LogP contribution in [-0.4, -0.2) is 9.97 Å². The first kappa shape index (κ1) is 12.0. The van der Waals surface area contributed by atoms with Gasteiger partial charge < -0.3 is 10.7 Å². The standard InChI is InChI=1S/C14H18BrN3/c1-8-2-4-9(5-3-8)14-17-12-7-10(15)6-11(16)13(12)18-14/h6-9H,2-5,16H2,1H3,(H,17,18). The largest absolute Gasteiger partial charge is 0.397 e. The second-order valence-electron chi connectivity index (χ2n) is 5.47. The van der Waals surface area contributed by atoms with Crippen molar-refractivity contribution in [3.8, 4) is 0 Å². The van der Waals surface area contributed by atoms with Crippen molar-refractivity contribution in [2.45, 2.75) is 38.5 Å². The Morgan fingerprint density at radius 1 is 1.28 bits per heavy atom. The molecule has 0 bridgehead atoms. The van der Waals surface area contributed by atoms with Gasteiger partial charge >= 0.3 is 0 Å². The summed E-state index contributed by atoms with van der Waals surface area (Å²) in [6.45, 7) is 2.34. The van der Waals surface area contributed by atoms with Crippen LogP contribution >= 0.6 is 15.9 Å². The van der Waals surface area contributed by atoms with Gasteiger partial charge in [-0.25, -0.2) is 4.98 Å². The number of H-pyrrole nitrogens is 1. The molecule has 1 saturated carbocycles. The first-order valence-electron chi connectivity index (χ1n) is 6.58. The number of nitrogen functional groups attached to an aromatic ring is 1. The minimum absolute atomic E-state index is 0.576. The van der Waals surface area contributed by atoms with Gasteiger partial charge in [0.25, 0.3) is 0 Å². The van der Waals surface area contributed by atoms with Crippen molar-refractivity contribution in [1.29, 1.82) is 0 Å². The molecule has 2 aromatic rings. The summed E-state index contributed by atoms with van der Waals surface area (Å²) in [7, 11) is 0. The van der Waals surface area contributed by atoms with Gasteiger partial charge in [0.2, 0.25) is 0 Å². The fourth-order valence-corrected chi connectivity index (χ4v) is 3.33. The van der Waals surface area contributed by atoms with Gasteiger partial charge in [-0.15, -0.1) is 0 Å². The molecule has 0 unspecified atom stereocenters. The summed E-state index contributed by atoms with van der Waals surface area (Å²) in [6.07, 6.45) is 5.09. The predicted molar refractivity (Wildman–Crippen MR) is 78.6 cm³/mol. The fraction of sp³-hybridized carbons (Fsp3) is 0.500. The van der Waals surface area contributed by atoms with E-state index >= 15 is 0 Å². The lowest BCUT2D eigenvalue weighted by Crippen LogP contribution is -2.11. The zero-order valence-electron chi connectivity index (χ0n) is 10.5. The Labute approximate surface area is 115 Å². The van der Waals surface area contributed by atoms with Gasteiger partial charge in [0.05, 0.1) is 11.2 Å². The van der Waals surface area contributed by atoms with Crippen LogP contribution in [0.1, 0.15) is 44.3 Å². The molecule has 3 N–H and O–H groups in total. The average Bonchev–Trinajstić information content (AvgIpc) is 2.74. The Hall–Kier alpha value is -1.03. The van der Waals surface area contributed by atoms with E-state index in [0.29, 0.717) is 5.92 Å². The lowest BCUT2D eigenvalue weighted by atomic mass is 9.83. The Balaban J connectivity index is 1.96. The quantitative estimate of drug-likeness (QED) is 0.776. The Morgan fingerprint density at radius 2 is 2.00 bits per heavy atom. The molecule has 0 atom stereocenters. The number of nitrogens with two attached hydrogens (primary N) is 1. The van der Waals surface area contributed by atoms with Crippen molar-refractivity contribution in [3.63, 3.8) is 0 Å². The molecule has 1 aromatic carbocycles. The van der Waals surface area contributed by atoms with E-state index in [2.05, 4.69) is 27.8 Å². The second kappa shape index (κ2) is 4.57. The Kier molecular flexibility index (Phi) is 3.06. The van der Waals surface area contributed by atoms with Crippen LogP contribution in [0.3, 0.4) is 0 Å². The molecular formula is C14H18BrN3. The normalized spacial score (nSPS) is 24.6. The van der Waals surface area contributed by atoms with Crippen molar-refractivity contribution in [2.75, 3.05) is 5.73 Å². The maximum Gasteiger partial charge on any atom is 0.112 e. The molecule has 3 nitrogen and oxygen atoms in total. The lowest BCUT2D eigenvalue weighted by molar-refractivity contribution is 0.341. The molecule has 1 fully saturated rings. The highest BCUT2D eigenvalue weighted by Crippen LogP contribution is 2.35. The molecule has 0 saturated heterocycles. The molecule has 4 heteroatoms. The number of aromatic nitrogens is 2. The van der Waals surface area contributed by atoms with Crippen LogP contribution in [0.5, 0.6) is 0 Å². The average molecular weight is 308 g/mol. The van der Waals surface area contributed by atoms with Crippen LogP contribution < -0.4 is 5.73 Å². The van der Waals surface area contributed by atoms with Crippen LogP contribution in [0, 0.1) is 5.92 Å². The van der Waals surface area contributed by atoms with Gasteiger partial charge in [-0.1, -0.05) is 35.7 Å². The van der Waals surface area contributed by atoms with Crippen molar-refractivity contribution in [3.05, 3.63) is 22.4 Å². The molecular weight excluding hydrogens is 290 g/mol. The molecule has 18 heavy (non-hydrogen) atoms. The van der Waals surface area contributed by atoms with Crippen LogP contribution in [0.2, 0.25) is 0 Å². The van der Waals surface area contributed by atoms with Crippen molar-refractivity contribution in [1.82, 2.24) is 9.97 Å². The van der Waals surface area contributed by atoms with Crippen molar-refractivity contribution < 1.29 is 0 Å². The van der Waals surface area contributed by atoms with Gasteiger partial charge in [0.15, 0.2) is 0 Å². The number of halogens is 1. The summed E-state index contributed by atoms with van der Waals surface area (Å²) in [4.78, 5) is 8.14. The summed E-state index contributed by atoms with van der Waals surface area (Å²) in [6, 6.07) is 3.96. The third kappa shape index (κ3) is 2.14. The molecule has 1 aliphatic carbocycles. The second-order valence-corrected chi connectivity index (χ2v) is 6.39. The third-order valence-corrected chi connectivity index (χ3v) is 4.46. The van der Waals surface area contributed by atoms with Gasteiger partial charge in [-0.3, -0.25) is 0 Å². The number of nitrogens with one attached hydrogen (secondary N) is 1. The lowest BCUT2D eigenvalue weighted by Gasteiger charge is -2.24. The highest BCUT2D eigenvalue weighted by atomic mass is 79.9. The molecule has 96 valence electrons. The molecule has 1 aliphatic rings. The van der Waals surface area contributed by atoms with E-state index in [9.17, 15) is 0 Å². The predicted octanol–water partition coefficient (Wildman–Crippen LogP) is 4.20. The highest BCUT2D eigenvalue weighted by molar-refractivity contribution is 9.10. The number of anilines is 1. The van der Waals surface area contributed by atoms with E-state index < -0.39 is 0 Å². The van der Waals surface area contributed by atoms with Crippen LogP contribution in [0.15, 0.2) is 16.6 Å². The Morgan fingerprint density at radius 3 is 2.72 bits per heavy atom. The van der Waals surface area contributed by atoms with E-state index in [1.807, 2.05) is 12.1 Å². The van der Waals surface area contributed by atoms with Crippen molar-refractivity contribution in [2.24, 2.45) is 5.92 Å². The highest BCUT2D eigenvalue weighted by Gasteiger charge is 2.22. The fourth-order valence-electron chi connectivity index (χ4n) is 2.85. The van der Waals surface area contributed by atoms with Gasteiger partial charge in [-0.2, -0.15) is 0 Å². The zero-order valence-corrected chi connectivity index (χ0v) is 12.1. The van der Waals surface area contributed by atoms with Crippen molar-refractivity contribution >= 4 is 32.7 Å². The number of nitrogens with zero attached hydrogens (tertiary/aromatic N) is 1. The maximum atomic E-state index is 6.01. The minimum atomic E-state index is 0.576. The maximum absolute atomic E-state index is 6.01. The number of imidazole rings is 1. The summed E-state index contributed by atoms with van der Waals surface area (Å²) in [5.41, 5.74) is 8.70. The van der Waals surface area contributed by atoms with E-state index in [1.165, 1.54) is 25.7 Å². The van der Waals surface area contributed by atoms with E-state index in [-0.39, 0.29) is 0 Å². The van der Waals surface area contributed by atoms with Gasteiger partial charge in [-0.05, 0) is 30.9 Å². The number of hydrogen-bond acceptors (Lipinski definition) is 2. The Bertz CT molecular complexity index is 568. The monoisotopic (exact) mass is 307 g/mol. The van der Waals surface area contributed by atoms with Gasteiger partial charge in [0.1, 0.15) is 11.3 Å². The smallest absolute Gasteiger partial charge is 0.112 e. The number of aromatic amines is 1. The number of rotatable bonds is 1. The van der Waals surface area contributed by atoms with E-state index in [1.54, 1.807) is 0 Å². The van der Waals surface area contributed by atoms with E-state index in [4.69, 9.17) is 10.7 Å². The van der Waals surface area contributed by atoms with Gasteiger partial charge in [0, 0.05) is 10.4 Å². The minimum Gasteiger partial charge on any atom is -0.397 e. The molecule has 1 heterocycles. The number of fused-ring (bicyclic) bond motifs is 1. The summed E-state index contributed by atoms with van der Waals surface area (Å²) in [5, 5.41) is 0. The summed E-state index contributed by atoms with van der Waals surface area (Å²) < 4.78 is 1.000. The SMILES string of the molecule is CC1CCC(c2nc3c(N)cc(Br)cc3[nH]2)CC1.